The van der Waals surface area contributed by atoms with Crippen LogP contribution in [0.5, 0.6) is 0 Å². The molecule has 118 valence electrons. The van der Waals surface area contributed by atoms with Gasteiger partial charge in [-0.15, -0.1) is 0 Å². The number of likely N-dealkylation sites (tertiary alicyclic amines) is 1. The van der Waals surface area contributed by atoms with Crippen molar-refractivity contribution in [2.45, 2.75) is 13.0 Å². The van der Waals surface area contributed by atoms with E-state index in [2.05, 4.69) is 20.3 Å². The molecule has 2 aromatic heterocycles. The van der Waals surface area contributed by atoms with Gasteiger partial charge < -0.3 is 15.2 Å². The van der Waals surface area contributed by atoms with E-state index in [1.165, 1.54) is 0 Å². The van der Waals surface area contributed by atoms with Crippen molar-refractivity contribution in [3.05, 3.63) is 58.0 Å². The van der Waals surface area contributed by atoms with Gasteiger partial charge in [0, 0.05) is 37.1 Å². The molecule has 1 fully saturated rings. The molecule has 0 atom stereocenters. The number of carbonyl (C=O) groups excluding carboxylic acids is 2. The Kier molecular flexibility index (Phi) is 3.88. The molecule has 0 spiro atoms. The summed E-state index contributed by atoms with van der Waals surface area (Å²) < 4.78 is 0. The maximum atomic E-state index is 12.1. The van der Waals surface area contributed by atoms with Gasteiger partial charge >= 0.3 is 0 Å². The molecular formula is C15H15N5O3. The number of nitrogens with zero attached hydrogens (tertiary/aromatic N) is 3. The normalized spacial score (nSPS) is 14.2. The first-order chi connectivity index (χ1) is 11.0. The number of aromatic amines is 1. The van der Waals surface area contributed by atoms with E-state index in [0.717, 1.165) is 6.07 Å². The van der Waals surface area contributed by atoms with Crippen molar-refractivity contribution in [1.82, 2.24) is 25.2 Å². The molecule has 3 rings (SSSR count). The van der Waals surface area contributed by atoms with E-state index in [9.17, 15) is 14.4 Å². The summed E-state index contributed by atoms with van der Waals surface area (Å²) in [6.07, 6.45) is 3.13. The van der Waals surface area contributed by atoms with Crippen LogP contribution in [0.15, 0.2) is 35.4 Å². The molecule has 0 unspecified atom stereocenters. The Hall–Kier alpha value is -3.03. The Balaban J connectivity index is 1.57. The maximum absolute atomic E-state index is 12.1. The van der Waals surface area contributed by atoms with Crippen molar-refractivity contribution in [3.8, 4) is 0 Å². The molecule has 0 radical (unpaired) electrons. The molecule has 2 N–H and O–H groups in total. The third-order valence-corrected chi connectivity index (χ3v) is 3.52. The van der Waals surface area contributed by atoms with E-state index in [4.69, 9.17) is 0 Å². The minimum absolute atomic E-state index is 0.0742. The van der Waals surface area contributed by atoms with Crippen LogP contribution in [0.3, 0.4) is 0 Å². The van der Waals surface area contributed by atoms with Crippen molar-refractivity contribution in [3.63, 3.8) is 0 Å². The topological polar surface area (TPSA) is 108 Å². The highest BCUT2D eigenvalue weighted by molar-refractivity contribution is 5.95. The Morgan fingerprint density at radius 3 is 2.65 bits per heavy atom. The van der Waals surface area contributed by atoms with Gasteiger partial charge in [0.05, 0.1) is 6.04 Å². The Morgan fingerprint density at radius 2 is 2.00 bits per heavy atom. The number of aromatic nitrogens is 3. The van der Waals surface area contributed by atoms with Gasteiger partial charge in [0.1, 0.15) is 11.5 Å². The lowest BCUT2D eigenvalue weighted by atomic mass is 10.1. The maximum Gasteiger partial charge on any atom is 0.270 e. The zero-order valence-corrected chi connectivity index (χ0v) is 12.4. The van der Waals surface area contributed by atoms with Gasteiger partial charge in [-0.2, -0.15) is 0 Å². The largest absolute Gasteiger partial charge is 0.344 e. The predicted octanol–water partition coefficient (Wildman–Crippen LogP) is -0.272. The van der Waals surface area contributed by atoms with E-state index < -0.39 is 5.91 Å². The summed E-state index contributed by atoms with van der Waals surface area (Å²) in [5.41, 5.74) is 0.271. The van der Waals surface area contributed by atoms with Gasteiger partial charge in [0.2, 0.25) is 0 Å². The van der Waals surface area contributed by atoms with E-state index in [0.29, 0.717) is 24.5 Å². The minimum Gasteiger partial charge on any atom is -0.344 e. The van der Waals surface area contributed by atoms with Crippen LogP contribution >= 0.6 is 0 Å². The molecule has 3 heterocycles. The summed E-state index contributed by atoms with van der Waals surface area (Å²) in [5.74, 6) is -0.131. The van der Waals surface area contributed by atoms with Crippen molar-refractivity contribution in [2.24, 2.45) is 0 Å². The summed E-state index contributed by atoms with van der Waals surface area (Å²) >= 11 is 0. The van der Waals surface area contributed by atoms with Crippen molar-refractivity contribution in [2.75, 3.05) is 13.1 Å². The quantitative estimate of drug-likeness (QED) is 0.811. The summed E-state index contributed by atoms with van der Waals surface area (Å²) in [5, 5.41) is 2.76. The highest BCUT2D eigenvalue weighted by Gasteiger charge is 2.32. The molecular weight excluding hydrogens is 298 g/mol. The van der Waals surface area contributed by atoms with Gasteiger partial charge in [-0.05, 0) is 19.1 Å². The third kappa shape index (κ3) is 3.25. The number of nitrogens with one attached hydrogen (secondary N) is 2. The van der Waals surface area contributed by atoms with Crippen LogP contribution in [0, 0.1) is 6.92 Å². The Bertz CT molecular complexity index is 796. The van der Waals surface area contributed by atoms with Crippen LogP contribution in [0.4, 0.5) is 0 Å². The van der Waals surface area contributed by atoms with Gasteiger partial charge in [0.15, 0.2) is 0 Å². The van der Waals surface area contributed by atoms with Crippen LogP contribution in [-0.2, 0) is 0 Å². The van der Waals surface area contributed by atoms with E-state index >= 15 is 0 Å². The predicted molar refractivity (Wildman–Crippen MR) is 81.0 cm³/mol. The molecule has 0 aliphatic carbocycles. The first-order valence-electron chi connectivity index (χ1n) is 7.11. The van der Waals surface area contributed by atoms with E-state index in [1.807, 2.05) is 0 Å². The lowest BCUT2D eigenvalue weighted by Gasteiger charge is -2.39. The fourth-order valence-electron chi connectivity index (χ4n) is 2.37. The third-order valence-electron chi connectivity index (χ3n) is 3.52. The molecule has 1 saturated heterocycles. The summed E-state index contributed by atoms with van der Waals surface area (Å²) in [6.45, 7) is 2.46. The zero-order chi connectivity index (χ0) is 16.4. The monoisotopic (exact) mass is 313 g/mol. The molecule has 2 amide bonds. The summed E-state index contributed by atoms with van der Waals surface area (Å²) in [4.78, 5) is 47.5. The van der Waals surface area contributed by atoms with Gasteiger partial charge in [-0.25, -0.2) is 4.98 Å². The molecule has 0 bridgehead atoms. The van der Waals surface area contributed by atoms with Crippen LogP contribution in [0.1, 0.15) is 26.7 Å². The molecule has 2 aromatic rings. The number of hydrogen-bond donors (Lipinski definition) is 2. The Labute approximate surface area is 131 Å². The molecule has 23 heavy (non-hydrogen) atoms. The molecule has 8 nitrogen and oxygen atoms in total. The fourth-order valence-corrected chi connectivity index (χ4v) is 2.37. The fraction of sp³-hybridized carbons (Fsp3) is 0.267. The smallest absolute Gasteiger partial charge is 0.270 e. The lowest BCUT2D eigenvalue weighted by molar-refractivity contribution is 0.0541. The number of aryl methyl sites for hydroxylation is 1. The average molecular weight is 313 g/mol. The van der Waals surface area contributed by atoms with Crippen LogP contribution in [-0.4, -0.2) is 50.8 Å². The summed E-state index contributed by atoms with van der Waals surface area (Å²) in [6, 6.07) is 4.31. The highest BCUT2D eigenvalue weighted by atomic mass is 16.2. The SMILES string of the molecule is Cc1nc(C(=O)NC2CN(C(=O)c3ccncc3)C2)cc(=O)[nH]1. The van der Waals surface area contributed by atoms with Crippen LogP contribution < -0.4 is 10.9 Å². The second-order valence-electron chi connectivity index (χ2n) is 5.33. The number of pyridine rings is 1. The summed E-state index contributed by atoms with van der Waals surface area (Å²) in [7, 11) is 0. The van der Waals surface area contributed by atoms with Crippen molar-refractivity contribution < 1.29 is 9.59 Å². The number of H-pyrrole nitrogens is 1. The molecule has 1 aliphatic heterocycles. The van der Waals surface area contributed by atoms with Crippen LogP contribution in [0.2, 0.25) is 0 Å². The minimum atomic E-state index is -0.416. The number of hydrogen-bond acceptors (Lipinski definition) is 5. The Morgan fingerprint density at radius 1 is 1.30 bits per heavy atom. The lowest BCUT2D eigenvalue weighted by Crippen LogP contribution is -2.61. The molecule has 0 aromatic carbocycles. The highest BCUT2D eigenvalue weighted by Crippen LogP contribution is 2.13. The van der Waals surface area contributed by atoms with Crippen LogP contribution in [0.25, 0.3) is 0 Å². The molecule has 8 heteroatoms. The van der Waals surface area contributed by atoms with E-state index in [1.54, 1.807) is 36.4 Å². The van der Waals surface area contributed by atoms with Gasteiger partial charge in [-0.3, -0.25) is 19.4 Å². The van der Waals surface area contributed by atoms with E-state index in [-0.39, 0.29) is 23.2 Å². The second-order valence-corrected chi connectivity index (χ2v) is 5.33. The first kappa shape index (κ1) is 14.9. The molecule has 1 aliphatic rings. The molecule has 0 saturated carbocycles. The van der Waals surface area contributed by atoms with Gasteiger partial charge in [-0.1, -0.05) is 0 Å². The van der Waals surface area contributed by atoms with Gasteiger partial charge in [0.25, 0.3) is 17.4 Å². The number of rotatable bonds is 3. The average Bonchev–Trinajstić information content (AvgIpc) is 2.49. The first-order valence-corrected chi connectivity index (χ1v) is 7.11. The van der Waals surface area contributed by atoms with Crippen molar-refractivity contribution >= 4 is 11.8 Å². The standard InChI is InChI=1S/C15H15N5O3/c1-9-17-12(6-13(21)18-9)14(22)19-11-7-20(8-11)15(23)10-2-4-16-5-3-10/h2-6,11H,7-8H2,1H3,(H,19,22)(H,17,18,21). The van der Waals surface area contributed by atoms with Crippen molar-refractivity contribution in [1.29, 1.82) is 0 Å². The number of amides is 2. The zero-order valence-electron chi connectivity index (χ0n) is 12.4. The number of carbonyl (C=O) groups is 2. The second kappa shape index (κ2) is 5.99.